The van der Waals surface area contributed by atoms with Crippen molar-refractivity contribution < 1.29 is 13.0 Å². The van der Waals surface area contributed by atoms with E-state index in [0.29, 0.717) is 18.9 Å². The Kier molecular flexibility index (Phi) is 2.24. The Morgan fingerprint density at radius 1 is 1.47 bits per heavy atom. The van der Waals surface area contributed by atoms with E-state index in [-0.39, 0.29) is 11.3 Å². The van der Waals surface area contributed by atoms with Crippen LogP contribution in [0.3, 0.4) is 0 Å². The second-order valence-electron chi connectivity index (χ2n) is 5.49. The van der Waals surface area contributed by atoms with Crippen LogP contribution in [0.25, 0.3) is 0 Å². The summed E-state index contributed by atoms with van der Waals surface area (Å²) in [6.07, 6.45) is 2.29. The van der Waals surface area contributed by atoms with Crippen molar-refractivity contribution in [1.82, 2.24) is 0 Å². The summed E-state index contributed by atoms with van der Waals surface area (Å²) in [5.74, 6) is 0.300. The zero-order valence-electron chi connectivity index (χ0n) is 9.23. The molecule has 3 atom stereocenters. The van der Waals surface area contributed by atoms with Gasteiger partial charge >= 0.3 is 0 Å². The molecule has 2 aliphatic rings. The average molecular weight is 233 g/mol. The van der Waals surface area contributed by atoms with Gasteiger partial charge in [-0.3, -0.25) is 4.55 Å². The highest BCUT2D eigenvalue weighted by Crippen LogP contribution is 2.65. The van der Waals surface area contributed by atoms with E-state index in [1.54, 1.807) is 0 Å². The van der Waals surface area contributed by atoms with E-state index in [1.807, 2.05) is 13.8 Å². The summed E-state index contributed by atoms with van der Waals surface area (Å²) in [6, 6.07) is 0. The molecule has 2 rings (SSSR count). The zero-order valence-corrected chi connectivity index (χ0v) is 10.0. The highest BCUT2D eigenvalue weighted by Gasteiger charge is 2.69. The summed E-state index contributed by atoms with van der Waals surface area (Å²) in [5, 5.41) is 0. The number of nitrogens with two attached hydrogens (primary N) is 1. The van der Waals surface area contributed by atoms with Crippen LogP contribution in [-0.2, 0) is 10.1 Å². The first kappa shape index (κ1) is 11.4. The summed E-state index contributed by atoms with van der Waals surface area (Å²) < 4.78 is 32.0. The Morgan fingerprint density at radius 3 is 2.40 bits per heavy atom. The normalized spacial score (nSPS) is 43.5. The van der Waals surface area contributed by atoms with E-state index in [4.69, 9.17) is 5.73 Å². The van der Waals surface area contributed by atoms with Gasteiger partial charge in [-0.1, -0.05) is 13.8 Å². The topological polar surface area (TPSA) is 80.4 Å². The number of hydrogen-bond acceptors (Lipinski definition) is 3. The Balaban J connectivity index is 2.59. The smallest absolute Gasteiger partial charge is 0.271 e. The molecule has 0 radical (unpaired) electrons. The van der Waals surface area contributed by atoms with Crippen molar-refractivity contribution in [3.8, 4) is 0 Å². The highest BCUT2D eigenvalue weighted by molar-refractivity contribution is 7.87. The third-order valence-electron chi connectivity index (χ3n) is 4.95. The van der Waals surface area contributed by atoms with Crippen LogP contribution < -0.4 is 5.73 Å². The molecule has 2 unspecified atom stereocenters. The fraction of sp³-hybridized carbons (Fsp3) is 1.00. The van der Waals surface area contributed by atoms with E-state index in [9.17, 15) is 13.0 Å². The molecule has 5 heteroatoms. The van der Waals surface area contributed by atoms with Crippen LogP contribution in [0.15, 0.2) is 0 Å². The number of hydrogen-bond donors (Lipinski definition) is 2. The quantitative estimate of drug-likeness (QED) is 0.698. The third kappa shape index (κ3) is 1.11. The van der Waals surface area contributed by atoms with E-state index in [2.05, 4.69) is 0 Å². The maximum Gasteiger partial charge on any atom is 0.271 e. The predicted octanol–water partition coefficient (Wildman–Crippen LogP) is 1.03. The van der Waals surface area contributed by atoms with Crippen LogP contribution >= 0.6 is 0 Å². The molecule has 0 amide bonds. The lowest BCUT2D eigenvalue weighted by Gasteiger charge is -2.38. The van der Waals surface area contributed by atoms with Crippen molar-refractivity contribution in [3.63, 3.8) is 0 Å². The van der Waals surface area contributed by atoms with E-state index in [1.165, 1.54) is 0 Å². The van der Waals surface area contributed by atoms with Crippen LogP contribution in [0, 0.1) is 17.3 Å². The standard InChI is InChI=1S/C10H19NO3S/c1-9(2)7-3-4-10(9,15(12,13)14)8(5-7)6-11/h7-8H,3-6,11H2,1-2H3,(H,12,13,14)/t7?,8?,10-/m1/s1. The molecule has 2 saturated carbocycles. The second-order valence-corrected chi connectivity index (χ2v) is 7.17. The summed E-state index contributed by atoms with van der Waals surface area (Å²) >= 11 is 0. The Morgan fingerprint density at radius 2 is 2.07 bits per heavy atom. The lowest BCUT2D eigenvalue weighted by molar-refractivity contribution is 0.241. The van der Waals surface area contributed by atoms with Crippen LogP contribution in [-0.4, -0.2) is 24.3 Å². The molecule has 88 valence electrons. The molecule has 2 bridgehead atoms. The van der Waals surface area contributed by atoms with Crippen molar-refractivity contribution in [2.24, 2.45) is 23.0 Å². The maximum atomic E-state index is 11.7. The van der Waals surface area contributed by atoms with Crippen LogP contribution in [0.4, 0.5) is 0 Å². The van der Waals surface area contributed by atoms with E-state index < -0.39 is 14.9 Å². The van der Waals surface area contributed by atoms with Gasteiger partial charge in [0.1, 0.15) is 4.75 Å². The minimum Gasteiger partial charge on any atom is -0.330 e. The first-order valence-corrected chi connectivity index (χ1v) is 6.88. The molecule has 3 N–H and O–H groups in total. The first-order chi connectivity index (χ1) is 6.77. The van der Waals surface area contributed by atoms with Gasteiger partial charge in [-0.15, -0.1) is 0 Å². The molecule has 0 heterocycles. The van der Waals surface area contributed by atoms with Gasteiger partial charge in [-0.2, -0.15) is 8.42 Å². The SMILES string of the molecule is CC1(C)C2CC[C@@]1(S(=O)(=O)O)C(CN)C2. The molecule has 15 heavy (non-hydrogen) atoms. The van der Waals surface area contributed by atoms with E-state index in [0.717, 1.165) is 12.8 Å². The van der Waals surface area contributed by atoms with Crippen molar-refractivity contribution in [1.29, 1.82) is 0 Å². The molecular formula is C10H19NO3S. The lowest BCUT2D eigenvalue weighted by Crippen LogP contribution is -2.51. The monoisotopic (exact) mass is 233 g/mol. The van der Waals surface area contributed by atoms with Crippen LogP contribution in [0.2, 0.25) is 0 Å². The minimum atomic E-state index is -4.02. The summed E-state index contributed by atoms with van der Waals surface area (Å²) in [4.78, 5) is 0. The molecule has 0 spiro atoms. The van der Waals surface area contributed by atoms with Gasteiger partial charge < -0.3 is 5.73 Å². The van der Waals surface area contributed by atoms with Crippen molar-refractivity contribution in [3.05, 3.63) is 0 Å². The Labute approximate surface area is 91.0 Å². The largest absolute Gasteiger partial charge is 0.330 e. The molecule has 2 fully saturated rings. The molecule has 0 aromatic heterocycles. The van der Waals surface area contributed by atoms with Crippen LogP contribution in [0.1, 0.15) is 33.1 Å². The van der Waals surface area contributed by atoms with Gasteiger partial charge in [0.15, 0.2) is 0 Å². The van der Waals surface area contributed by atoms with Crippen molar-refractivity contribution >= 4 is 10.1 Å². The predicted molar refractivity (Wildman–Crippen MR) is 57.9 cm³/mol. The Bertz CT molecular complexity index is 376. The fourth-order valence-electron chi connectivity index (χ4n) is 4.05. The zero-order chi connectivity index (χ0) is 11.5. The first-order valence-electron chi connectivity index (χ1n) is 5.44. The van der Waals surface area contributed by atoms with Crippen molar-refractivity contribution in [2.75, 3.05) is 6.54 Å². The minimum absolute atomic E-state index is 0.0822. The summed E-state index contributed by atoms with van der Waals surface area (Å²) in [5.41, 5.74) is 5.31. The maximum absolute atomic E-state index is 11.7. The van der Waals surface area contributed by atoms with Gasteiger partial charge in [0.2, 0.25) is 0 Å². The van der Waals surface area contributed by atoms with Gasteiger partial charge in [0, 0.05) is 0 Å². The van der Waals surface area contributed by atoms with E-state index >= 15 is 0 Å². The molecule has 0 aromatic rings. The van der Waals surface area contributed by atoms with Crippen molar-refractivity contribution in [2.45, 2.75) is 37.9 Å². The molecule has 0 aliphatic heterocycles. The molecular weight excluding hydrogens is 214 g/mol. The van der Waals surface area contributed by atoms with Gasteiger partial charge in [0.05, 0.1) is 0 Å². The third-order valence-corrected chi connectivity index (χ3v) is 6.93. The van der Waals surface area contributed by atoms with Gasteiger partial charge in [0.25, 0.3) is 10.1 Å². The number of fused-ring (bicyclic) bond motifs is 2. The van der Waals surface area contributed by atoms with Gasteiger partial charge in [-0.25, -0.2) is 0 Å². The lowest BCUT2D eigenvalue weighted by atomic mass is 9.79. The van der Waals surface area contributed by atoms with Crippen LogP contribution in [0.5, 0.6) is 0 Å². The second kappa shape index (κ2) is 2.96. The Hall–Kier alpha value is -0.130. The molecule has 4 nitrogen and oxygen atoms in total. The molecule has 0 saturated heterocycles. The fourth-order valence-corrected chi connectivity index (χ4v) is 5.87. The average Bonchev–Trinajstić information content (AvgIpc) is 2.50. The highest BCUT2D eigenvalue weighted by atomic mass is 32.2. The summed E-state index contributed by atoms with van der Waals surface area (Å²) in [6.45, 7) is 4.25. The summed E-state index contributed by atoms with van der Waals surface area (Å²) in [7, 11) is -4.02. The molecule has 0 aromatic carbocycles. The number of rotatable bonds is 2. The molecule has 2 aliphatic carbocycles. The van der Waals surface area contributed by atoms with Gasteiger partial charge in [-0.05, 0) is 43.1 Å².